The molecule has 0 aliphatic rings. The van der Waals surface area contributed by atoms with Crippen molar-refractivity contribution in [2.45, 2.75) is 25.1 Å². The van der Waals surface area contributed by atoms with Crippen LogP contribution in [0.5, 0.6) is 0 Å². The monoisotopic (exact) mass is 387 g/mol. The van der Waals surface area contributed by atoms with Crippen LogP contribution in [0.4, 0.5) is 13.2 Å². The minimum absolute atomic E-state index is 0.0936. The second-order valence-corrected chi connectivity index (χ2v) is 6.39. The summed E-state index contributed by atoms with van der Waals surface area (Å²) in [6.45, 7) is 0.372. The van der Waals surface area contributed by atoms with E-state index in [2.05, 4.69) is 10.4 Å². The van der Waals surface area contributed by atoms with E-state index in [-0.39, 0.29) is 31.3 Å². The lowest BCUT2D eigenvalue weighted by atomic mass is 9.88. The number of benzene rings is 2. The minimum atomic E-state index is -4.47. The molecule has 3 aromatic rings. The second-order valence-electron chi connectivity index (χ2n) is 6.39. The molecule has 1 heterocycles. The van der Waals surface area contributed by atoms with Crippen molar-refractivity contribution < 1.29 is 18.0 Å². The molecule has 0 spiro atoms. The highest BCUT2D eigenvalue weighted by atomic mass is 19.4. The summed E-state index contributed by atoms with van der Waals surface area (Å²) in [7, 11) is 0. The highest BCUT2D eigenvalue weighted by molar-refractivity contribution is 5.77. The molecule has 0 bridgehead atoms. The maximum absolute atomic E-state index is 12.6. The molecule has 0 saturated heterocycles. The first-order valence-electron chi connectivity index (χ1n) is 8.91. The fourth-order valence-electron chi connectivity index (χ4n) is 3.00. The van der Waals surface area contributed by atoms with Crippen molar-refractivity contribution in [2.75, 3.05) is 6.54 Å². The van der Waals surface area contributed by atoms with Gasteiger partial charge in [-0.15, -0.1) is 0 Å². The molecule has 7 heteroatoms. The van der Waals surface area contributed by atoms with Crippen molar-refractivity contribution in [1.82, 2.24) is 15.1 Å². The molecule has 4 nitrogen and oxygen atoms in total. The van der Waals surface area contributed by atoms with Crippen LogP contribution in [0, 0.1) is 0 Å². The van der Waals surface area contributed by atoms with Gasteiger partial charge in [0, 0.05) is 25.1 Å². The molecule has 1 N–H and O–H groups in total. The molecule has 0 aliphatic heterocycles. The summed E-state index contributed by atoms with van der Waals surface area (Å²) < 4.78 is 38.9. The first kappa shape index (κ1) is 19.7. The van der Waals surface area contributed by atoms with Crippen LogP contribution in [0.2, 0.25) is 0 Å². The number of aromatic nitrogens is 2. The molecular formula is C21H20F3N3O. The van der Waals surface area contributed by atoms with Gasteiger partial charge in [-0.2, -0.15) is 18.3 Å². The number of nitrogens with zero attached hydrogens (tertiary/aromatic N) is 2. The van der Waals surface area contributed by atoms with E-state index < -0.39 is 11.9 Å². The second kappa shape index (κ2) is 8.73. The molecule has 0 saturated carbocycles. The number of halogens is 3. The van der Waals surface area contributed by atoms with Crippen LogP contribution in [0.3, 0.4) is 0 Å². The third-order valence-corrected chi connectivity index (χ3v) is 4.39. The van der Waals surface area contributed by atoms with Crippen molar-refractivity contribution in [3.63, 3.8) is 0 Å². The normalized spacial score (nSPS) is 11.6. The fraction of sp³-hybridized carbons (Fsp3) is 0.238. The van der Waals surface area contributed by atoms with Crippen LogP contribution in [-0.2, 0) is 17.5 Å². The van der Waals surface area contributed by atoms with Crippen LogP contribution in [0.25, 0.3) is 0 Å². The van der Waals surface area contributed by atoms with Crippen LogP contribution in [0.15, 0.2) is 72.9 Å². The lowest BCUT2D eigenvalue weighted by Crippen LogP contribution is -2.29. The van der Waals surface area contributed by atoms with Gasteiger partial charge in [-0.05, 0) is 17.2 Å². The largest absolute Gasteiger partial charge is 0.435 e. The standard InChI is InChI=1S/C21H20F3N3O/c22-21(23,24)19-11-13-27(26-19)14-12-25-20(28)15-18(16-7-3-1-4-8-16)17-9-5-2-6-10-17/h1-11,13,18H,12,14-15H2,(H,25,28). The summed E-state index contributed by atoms with van der Waals surface area (Å²) in [4.78, 5) is 12.4. The summed E-state index contributed by atoms with van der Waals surface area (Å²) in [6, 6.07) is 20.4. The van der Waals surface area contributed by atoms with Gasteiger partial charge in [0.2, 0.25) is 5.91 Å². The van der Waals surface area contributed by atoms with Crippen LogP contribution in [0.1, 0.15) is 29.2 Å². The zero-order valence-corrected chi connectivity index (χ0v) is 15.1. The predicted octanol–water partition coefficient (Wildman–Crippen LogP) is 4.24. The van der Waals surface area contributed by atoms with Crippen LogP contribution < -0.4 is 5.32 Å². The molecule has 0 atom stereocenters. The molecule has 146 valence electrons. The van der Waals surface area contributed by atoms with Crippen molar-refractivity contribution in [1.29, 1.82) is 0 Å². The molecule has 0 unspecified atom stereocenters. The third kappa shape index (κ3) is 5.22. The number of amides is 1. The lowest BCUT2D eigenvalue weighted by molar-refractivity contribution is -0.141. The van der Waals surface area contributed by atoms with Gasteiger partial charge in [0.15, 0.2) is 5.69 Å². The van der Waals surface area contributed by atoms with Crippen molar-refractivity contribution in [3.05, 3.63) is 89.7 Å². The number of hydrogen-bond donors (Lipinski definition) is 1. The summed E-state index contributed by atoms with van der Waals surface area (Å²) in [5.74, 6) is -0.259. The number of alkyl halides is 3. The number of carbonyl (C=O) groups excluding carboxylic acids is 1. The third-order valence-electron chi connectivity index (χ3n) is 4.39. The SMILES string of the molecule is O=C(CC(c1ccccc1)c1ccccc1)NCCn1ccc(C(F)(F)F)n1. The Labute approximate surface area is 161 Å². The lowest BCUT2D eigenvalue weighted by Gasteiger charge is -2.18. The van der Waals surface area contributed by atoms with E-state index in [0.717, 1.165) is 17.2 Å². The van der Waals surface area contributed by atoms with Crippen molar-refractivity contribution in [2.24, 2.45) is 0 Å². The molecule has 2 aromatic carbocycles. The zero-order valence-electron chi connectivity index (χ0n) is 15.1. The number of rotatable bonds is 7. The minimum Gasteiger partial charge on any atom is -0.354 e. The van der Waals surface area contributed by atoms with Crippen LogP contribution >= 0.6 is 0 Å². The average molecular weight is 387 g/mol. The smallest absolute Gasteiger partial charge is 0.354 e. The Kier molecular flexibility index (Phi) is 6.13. The Bertz CT molecular complexity index is 853. The van der Waals surface area contributed by atoms with Gasteiger partial charge < -0.3 is 5.32 Å². The van der Waals surface area contributed by atoms with Crippen LogP contribution in [-0.4, -0.2) is 22.2 Å². The zero-order chi connectivity index (χ0) is 20.0. The Hall–Kier alpha value is -3.09. The number of nitrogens with one attached hydrogen (secondary N) is 1. The topological polar surface area (TPSA) is 46.9 Å². The molecule has 0 aliphatic carbocycles. The van der Waals surface area contributed by atoms with E-state index in [1.807, 2.05) is 60.7 Å². The summed E-state index contributed by atoms with van der Waals surface area (Å²) >= 11 is 0. The first-order valence-corrected chi connectivity index (χ1v) is 8.91. The van der Waals surface area contributed by atoms with E-state index in [1.54, 1.807) is 0 Å². The predicted molar refractivity (Wildman–Crippen MR) is 99.6 cm³/mol. The quantitative estimate of drug-likeness (QED) is 0.659. The Morgan fingerprint density at radius 3 is 2.04 bits per heavy atom. The molecule has 0 radical (unpaired) electrons. The number of carbonyl (C=O) groups is 1. The summed E-state index contributed by atoms with van der Waals surface area (Å²) in [5.41, 5.74) is 1.13. The Morgan fingerprint density at radius 2 is 1.54 bits per heavy atom. The van der Waals surface area contributed by atoms with Gasteiger partial charge in [0.05, 0.1) is 6.54 Å². The maximum atomic E-state index is 12.6. The van der Waals surface area contributed by atoms with Gasteiger partial charge >= 0.3 is 6.18 Å². The first-order chi connectivity index (χ1) is 13.4. The highest BCUT2D eigenvalue weighted by Gasteiger charge is 2.33. The highest BCUT2D eigenvalue weighted by Crippen LogP contribution is 2.28. The van der Waals surface area contributed by atoms with E-state index in [0.29, 0.717) is 0 Å². The van der Waals surface area contributed by atoms with Gasteiger partial charge in [-0.1, -0.05) is 60.7 Å². The molecule has 28 heavy (non-hydrogen) atoms. The Morgan fingerprint density at radius 1 is 0.964 bits per heavy atom. The molecule has 0 fully saturated rings. The average Bonchev–Trinajstić information content (AvgIpc) is 3.17. The molecule has 3 rings (SSSR count). The Balaban J connectivity index is 1.59. The summed E-state index contributed by atoms with van der Waals surface area (Å²) in [6.07, 6.45) is -2.96. The van der Waals surface area contributed by atoms with E-state index in [4.69, 9.17) is 0 Å². The number of hydrogen-bond acceptors (Lipinski definition) is 2. The van der Waals surface area contributed by atoms with Crippen molar-refractivity contribution in [3.8, 4) is 0 Å². The molecular weight excluding hydrogens is 367 g/mol. The van der Waals surface area contributed by atoms with Gasteiger partial charge in [0.25, 0.3) is 0 Å². The maximum Gasteiger partial charge on any atom is 0.435 e. The van der Waals surface area contributed by atoms with Crippen molar-refractivity contribution >= 4 is 5.91 Å². The van der Waals surface area contributed by atoms with Gasteiger partial charge in [-0.25, -0.2) is 0 Å². The summed E-state index contributed by atoms with van der Waals surface area (Å²) in [5, 5.41) is 6.24. The van der Waals surface area contributed by atoms with Gasteiger partial charge in [-0.3, -0.25) is 9.48 Å². The molecule has 1 aromatic heterocycles. The fourth-order valence-corrected chi connectivity index (χ4v) is 3.00. The van der Waals surface area contributed by atoms with Gasteiger partial charge in [0.1, 0.15) is 0 Å². The molecule has 1 amide bonds. The van der Waals surface area contributed by atoms with E-state index >= 15 is 0 Å². The van der Waals surface area contributed by atoms with E-state index in [9.17, 15) is 18.0 Å². The van der Waals surface area contributed by atoms with E-state index in [1.165, 1.54) is 10.9 Å².